The largest absolute Gasteiger partial charge is 0.460 e. The van der Waals surface area contributed by atoms with Crippen molar-refractivity contribution in [2.75, 3.05) is 0 Å². The molecular formula is C20H50OSi5. The van der Waals surface area contributed by atoms with Gasteiger partial charge in [-0.25, -0.2) is 0 Å². The van der Waals surface area contributed by atoms with Crippen molar-refractivity contribution >= 4 is 37.0 Å². The molecule has 0 aliphatic carbocycles. The second kappa shape index (κ2) is 9.24. The molecular weight excluding hydrogens is 397 g/mol. The van der Waals surface area contributed by atoms with Gasteiger partial charge in [-0.1, -0.05) is 106 Å². The van der Waals surface area contributed by atoms with Crippen molar-refractivity contribution in [1.29, 1.82) is 0 Å². The molecule has 1 fully saturated rings. The van der Waals surface area contributed by atoms with Gasteiger partial charge < -0.3 is 4.12 Å². The normalized spacial score (nSPS) is 25.2. The molecule has 6 heteroatoms. The van der Waals surface area contributed by atoms with E-state index in [1.54, 1.807) is 36.3 Å². The van der Waals surface area contributed by atoms with Crippen molar-refractivity contribution in [2.45, 2.75) is 130 Å². The Morgan fingerprint density at radius 2 is 0.577 bits per heavy atom. The van der Waals surface area contributed by atoms with Gasteiger partial charge in [0.05, 0.1) is 14.2 Å². The van der Waals surface area contributed by atoms with Gasteiger partial charge in [0.15, 0.2) is 15.7 Å². The maximum absolute atomic E-state index is 7.95. The zero-order valence-electron chi connectivity index (χ0n) is 20.0. The van der Waals surface area contributed by atoms with E-state index in [1.807, 2.05) is 0 Å². The van der Waals surface area contributed by atoms with E-state index >= 15 is 0 Å². The summed E-state index contributed by atoms with van der Waals surface area (Å²) in [5, 5.41) is 0. The highest BCUT2D eigenvalue weighted by molar-refractivity contribution is 7.94. The molecule has 0 bridgehead atoms. The van der Waals surface area contributed by atoms with Gasteiger partial charge in [-0.05, 0) is 24.2 Å². The van der Waals surface area contributed by atoms with Gasteiger partial charge in [0.25, 0.3) is 0 Å². The van der Waals surface area contributed by atoms with Crippen molar-refractivity contribution in [2.24, 2.45) is 0 Å². The predicted molar refractivity (Wildman–Crippen MR) is 135 cm³/mol. The second-order valence-electron chi connectivity index (χ2n) is 8.87. The van der Waals surface area contributed by atoms with Crippen molar-refractivity contribution in [3.63, 3.8) is 0 Å². The minimum Gasteiger partial charge on any atom is -0.460 e. The summed E-state index contributed by atoms with van der Waals surface area (Å²) < 4.78 is 7.95. The molecule has 1 rings (SSSR count). The zero-order valence-corrected chi connectivity index (χ0v) is 25.0. The lowest BCUT2D eigenvalue weighted by Crippen LogP contribution is -2.97. The van der Waals surface area contributed by atoms with Crippen LogP contribution in [0.15, 0.2) is 0 Å². The molecule has 0 aromatic rings. The molecule has 1 nitrogen and oxygen atoms in total. The van der Waals surface area contributed by atoms with Gasteiger partial charge in [0.2, 0.25) is 0 Å². The first-order valence-corrected chi connectivity index (χ1v) is 27.9. The van der Waals surface area contributed by atoms with E-state index in [4.69, 9.17) is 4.12 Å². The van der Waals surface area contributed by atoms with Crippen LogP contribution < -0.4 is 0 Å². The molecule has 1 heterocycles. The summed E-state index contributed by atoms with van der Waals surface area (Å²) in [5.74, 6) is 0. The zero-order chi connectivity index (χ0) is 20.3. The second-order valence-corrected chi connectivity index (χ2v) is 54.4. The van der Waals surface area contributed by atoms with Crippen LogP contribution in [0.3, 0.4) is 0 Å². The Bertz CT molecular complexity index is 397. The fourth-order valence-electron chi connectivity index (χ4n) is 8.79. The van der Waals surface area contributed by atoms with Crippen molar-refractivity contribution in [3.8, 4) is 0 Å². The average Bonchev–Trinajstić information content (AvgIpc) is 2.71. The highest BCUT2D eigenvalue weighted by Gasteiger charge is 2.78. The maximum Gasteiger partial charge on any atom is 0.163 e. The van der Waals surface area contributed by atoms with Crippen LogP contribution in [0.1, 0.15) is 69.2 Å². The summed E-state index contributed by atoms with van der Waals surface area (Å²) >= 11 is 0. The van der Waals surface area contributed by atoms with E-state index in [9.17, 15) is 0 Å². The molecule has 26 heavy (non-hydrogen) atoms. The van der Waals surface area contributed by atoms with Gasteiger partial charge in [-0.2, -0.15) is 0 Å². The maximum atomic E-state index is 7.95. The molecule has 0 saturated carbocycles. The summed E-state index contributed by atoms with van der Waals surface area (Å²) in [7, 11) is -7.12. The topological polar surface area (TPSA) is 9.23 Å². The fourth-order valence-corrected chi connectivity index (χ4v) is 154. The van der Waals surface area contributed by atoms with E-state index in [0.717, 1.165) is 0 Å². The Balaban J connectivity index is 4.09. The van der Waals surface area contributed by atoms with Crippen LogP contribution in [-0.2, 0) is 4.12 Å². The molecule has 156 valence electrons. The molecule has 0 N–H and O–H groups in total. The van der Waals surface area contributed by atoms with E-state index < -0.39 is 37.0 Å². The van der Waals surface area contributed by atoms with Crippen LogP contribution in [0, 0.1) is 0 Å². The number of hydrogen-bond donors (Lipinski definition) is 0. The average molecular weight is 447 g/mol. The molecule has 0 aromatic carbocycles. The van der Waals surface area contributed by atoms with Gasteiger partial charge in [-0.3, -0.25) is 0 Å². The van der Waals surface area contributed by atoms with Gasteiger partial charge >= 0.3 is 0 Å². The molecule has 0 radical (unpaired) electrons. The van der Waals surface area contributed by atoms with Gasteiger partial charge in [0, 0.05) is 7.11 Å². The van der Waals surface area contributed by atoms with Crippen LogP contribution in [-0.4, -0.2) is 37.0 Å². The Labute approximate surface area is 170 Å². The minimum absolute atomic E-state index is 1.27. The Morgan fingerprint density at radius 1 is 0.346 bits per heavy atom. The van der Waals surface area contributed by atoms with Crippen molar-refractivity contribution in [1.82, 2.24) is 0 Å². The Kier molecular flexibility index (Phi) is 8.91. The molecule has 0 atom stereocenters. The lowest BCUT2D eigenvalue weighted by atomic mass is 10.9. The first kappa shape index (κ1) is 25.1. The molecule has 0 amide bonds. The quantitative estimate of drug-likeness (QED) is 0.311. The molecule has 0 unspecified atom stereocenters. The summed E-state index contributed by atoms with van der Waals surface area (Å²) in [4.78, 5) is 0. The Morgan fingerprint density at radius 3 is 0.731 bits per heavy atom. The van der Waals surface area contributed by atoms with Crippen LogP contribution in [0.2, 0.25) is 60.4 Å². The van der Waals surface area contributed by atoms with Gasteiger partial charge in [0.1, 0.15) is 0 Å². The highest BCUT2D eigenvalue weighted by Crippen LogP contribution is 2.58. The van der Waals surface area contributed by atoms with E-state index in [-0.39, 0.29) is 0 Å². The van der Waals surface area contributed by atoms with Crippen LogP contribution in [0.5, 0.6) is 0 Å². The first-order chi connectivity index (χ1) is 12.3. The van der Waals surface area contributed by atoms with E-state index in [0.29, 0.717) is 0 Å². The molecule has 1 aliphatic heterocycles. The highest BCUT2D eigenvalue weighted by atomic mass is 30.0. The molecule has 0 spiro atoms. The lowest BCUT2D eigenvalue weighted by Gasteiger charge is -2.73. The third-order valence-corrected chi connectivity index (χ3v) is 102. The van der Waals surface area contributed by atoms with Gasteiger partial charge in [-0.15, -0.1) is 0 Å². The third kappa shape index (κ3) is 2.71. The number of rotatable bonds is 10. The van der Waals surface area contributed by atoms with Crippen LogP contribution in [0.25, 0.3) is 0 Å². The minimum atomic E-state index is -1.59. The summed E-state index contributed by atoms with van der Waals surface area (Å²) in [6, 6.07) is 15.2. The molecule has 1 saturated heterocycles. The monoisotopic (exact) mass is 446 g/mol. The SMILES string of the molecule is CC[Si]1(CC)O[Si](CC)(CC)[Si](CC)(CC)[Si](CC)(CC)[Si]1(CC)CC. The van der Waals surface area contributed by atoms with Crippen LogP contribution >= 0.6 is 0 Å². The summed E-state index contributed by atoms with van der Waals surface area (Å²) in [5.41, 5.74) is 0. The lowest BCUT2D eigenvalue weighted by molar-refractivity contribution is 0.545. The smallest absolute Gasteiger partial charge is 0.163 e. The molecule has 1 aliphatic rings. The van der Waals surface area contributed by atoms with Crippen molar-refractivity contribution in [3.05, 3.63) is 0 Å². The molecule has 0 aromatic heterocycles. The van der Waals surface area contributed by atoms with E-state index in [1.165, 1.54) is 24.2 Å². The van der Waals surface area contributed by atoms with Crippen LogP contribution in [0.4, 0.5) is 0 Å². The standard InChI is InChI=1S/C20H50OSi5/c1-11-22(12-2)21-23(13-3,14-4)25(17-7,18-8)26(19-9,20-10)24(22,15-5)16-6/h11-20H2,1-10H3. The fraction of sp³-hybridized carbons (Fsp3) is 1.00. The summed E-state index contributed by atoms with van der Waals surface area (Å²) in [6.45, 7) is 26.0. The van der Waals surface area contributed by atoms with Crippen molar-refractivity contribution < 1.29 is 4.12 Å². The number of hydrogen-bond acceptors (Lipinski definition) is 1. The van der Waals surface area contributed by atoms with E-state index in [2.05, 4.69) is 69.2 Å². The summed E-state index contributed by atoms with van der Waals surface area (Å²) in [6.07, 6.45) is 0. The third-order valence-electron chi connectivity index (χ3n) is 9.87. The Hall–Kier alpha value is 1.04. The predicted octanol–water partition coefficient (Wildman–Crippen LogP) is 7.77. The first-order valence-electron chi connectivity index (χ1n) is 12.0.